The van der Waals surface area contributed by atoms with Gasteiger partial charge in [-0.3, -0.25) is 0 Å². The topological polar surface area (TPSA) is 52.0 Å². The first-order valence-electron chi connectivity index (χ1n) is 5.81. The van der Waals surface area contributed by atoms with Gasteiger partial charge in [-0.15, -0.1) is 0 Å². The minimum Gasteiger partial charge on any atom is -0.236 e. The van der Waals surface area contributed by atoms with Crippen molar-refractivity contribution in [1.82, 2.24) is 8.96 Å². The molecule has 2 rings (SSSR count). The number of hydrogen-bond acceptors (Lipinski definition) is 3. The van der Waals surface area contributed by atoms with E-state index in [2.05, 4.69) is 43.5 Å². The number of fused-ring (bicyclic) bond motifs is 1. The maximum Gasteiger partial charge on any atom is 0.243 e. The van der Waals surface area contributed by atoms with Gasteiger partial charge in [0.2, 0.25) is 10.0 Å². The van der Waals surface area contributed by atoms with Crippen molar-refractivity contribution >= 4 is 59.6 Å². The molecule has 0 saturated carbocycles. The molecule has 0 fully saturated rings. The van der Waals surface area contributed by atoms with Crippen molar-refractivity contribution in [3.8, 4) is 0 Å². The largest absolute Gasteiger partial charge is 0.243 e. The fourth-order valence-electron chi connectivity index (χ4n) is 1.73. The van der Waals surface area contributed by atoms with Crippen LogP contribution in [0.25, 0.3) is 11.0 Å². The molecule has 104 valence electrons. The standard InChI is InChI=1S/C12H14BrIN2O2S/c1-7(2)8(3)19(17,18)16-6-11(14)10-4-9(13)5-15-12(10)16/h4-8H,1-3H3. The number of halogens is 2. The molecule has 2 heterocycles. The number of hydrogen-bond donors (Lipinski definition) is 0. The Balaban J connectivity index is 2.71. The summed E-state index contributed by atoms with van der Waals surface area (Å²) in [5, 5.41) is 0.388. The zero-order chi connectivity index (χ0) is 14.4. The SMILES string of the molecule is CC(C)C(C)S(=O)(=O)n1cc(I)c2cc(Br)cnc21. The van der Waals surface area contributed by atoms with Crippen molar-refractivity contribution in [3.63, 3.8) is 0 Å². The minimum atomic E-state index is -3.42. The summed E-state index contributed by atoms with van der Waals surface area (Å²) in [4.78, 5) is 4.24. The van der Waals surface area contributed by atoms with Crippen molar-refractivity contribution in [2.24, 2.45) is 5.92 Å². The Morgan fingerprint density at radius 3 is 2.58 bits per heavy atom. The van der Waals surface area contributed by atoms with Crippen molar-refractivity contribution < 1.29 is 8.42 Å². The number of aromatic nitrogens is 2. The molecule has 0 N–H and O–H groups in total. The van der Waals surface area contributed by atoms with Crippen LogP contribution in [0.3, 0.4) is 0 Å². The zero-order valence-corrected chi connectivity index (χ0v) is 15.3. The van der Waals surface area contributed by atoms with Crippen molar-refractivity contribution in [2.45, 2.75) is 26.0 Å². The summed E-state index contributed by atoms with van der Waals surface area (Å²) in [5.74, 6) is 0.0514. The van der Waals surface area contributed by atoms with E-state index in [4.69, 9.17) is 0 Å². The first-order chi connectivity index (χ1) is 8.75. The van der Waals surface area contributed by atoms with Crippen molar-refractivity contribution in [2.75, 3.05) is 0 Å². The molecule has 0 aromatic carbocycles. The average Bonchev–Trinajstić information content (AvgIpc) is 2.66. The van der Waals surface area contributed by atoms with Crippen LogP contribution in [0.5, 0.6) is 0 Å². The van der Waals surface area contributed by atoms with E-state index in [-0.39, 0.29) is 5.92 Å². The third-order valence-electron chi connectivity index (χ3n) is 3.21. The summed E-state index contributed by atoms with van der Waals surface area (Å²) < 4.78 is 28.2. The fourth-order valence-corrected chi connectivity index (χ4v) is 4.61. The molecule has 0 aliphatic heterocycles. The highest BCUT2D eigenvalue weighted by Gasteiger charge is 2.28. The average molecular weight is 457 g/mol. The summed E-state index contributed by atoms with van der Waals surface area (Å²) in [7, 11) is -3.42. The Bertz CT molecular complexity index is 725. The molecule has 0 aliphatic carbocycles. The van der Waals surface area contributed by atoms with E-state index >= 15 is 0 Å². The van der Waals surface area contributed by atoms with Gasteiger partial charge in [-0.1, -0.05) is 13.8 Å². The second kappa shape index (κ2) is 5.33. The molecule has 2 aromatic rings. The minimum absolute atomic E-state index is 0.0514. The zero-order valence-electron chi connectivity index (χ0n) is 10.8. The second-order valence-corrected chi connectivity index (χ2v) is 9.04. The monoisotopic (exact) mass is 456 g/mol. The highest BCUT2D eigenvalue weighted by molar-refractivity contribution is 14.1. The maximum atomic E-state index is 12.6. The van der Waals surface area contributed by atoms with E-state index in [9.17, 15) is 8.42 Å². The van der Waals surface area contributed by atoms with Crippen LogP contribution >= 0.6 is 38.5 Å². The van der Waals surface area contributed by atoms with Gasteiger partial charge in [0.1, 0.15) is 0 Å². The third kappa shape index (κ3) is 2.69. The first kappa shape index (κ1) is 15.2. The van der Waals surface area contributed by atoms with Crippen LogP contribution in [0.1, 0.15) is 20.8 Å². The molecule has 0 bridgehead atoms. The molecule has 0 radical (unpaired) electrons. The second-order valence-electron chi connectivity index (χ2n) is 4.79. The van der Waals surface area contributed by atoms with E-state index in [1.165, 1.54) is 3.97 Å². The van der Waals surface area contributed by atoms with Gasteiger partial charge in [0.15, 0.2) is 5.65 Å². The van der Waals surface area contributed by atoms with Crippen molar-refractivity contribution in [1.29, 1.82) is 0 Å². The molecule has 1 unspecified atom stereocenters. The number of pyridine rings is 1. The van der Waals surface area contributed by atoms with Gasteiger partial charge in [-0.05, 0) is 57.4 Å². The molecule has 4 nitrogen and oxygen atoms in total. The maximum absolute atomic E-state index is 12.6. The van der Waals surface area contributed by atoms with Crippen LogP contribution < -0.4 is 0 Å². The molecule has 0 aliphatic rings. The van der Waals surface area contributed by atoms with E-state index < -0.39 is 15.3 Å². The highest BCUT2D eigenvalue weighted by Crippen LogP contribution is 2.27. The molecular formula is C12H14BrIN2O2S. The van der Waals surface area contributed by atoms with Gasteiger partial charge in [0.25, 0.3) is 0 Å². The normalized spacial score (nSPS) is 14.2. The van der Waals surface area contributed by atoms with Crippen molar-refractivity contribution in [3.05, 3.63) is 26.5 Å². The molecule has 0 amide bonds. The Labute approximate surface area is 134 Å². The summed E-state index contributed by atoms with van der Waals surface area (Å²) in [5.41, 5.74) is 0.486. The van der Waals surface area contributed by atoms with Gasteiger partial charge in [0.05, 0.1) is 5.25 Å². The van der Waals surface area contributed by atoms with Crippen LogP contribution in [0.4, 0.5) is 0 Å². The summed E-state index contributed by atoms with van der Waals surface area (Å²) in [6.07, 6.45) is 3.25. The molecular weight excluding hydrogens is 443 g/mol. The van der Waals surface area contributed by atoms with Crippen LogP contribution in [0.15, 0.2) is 22.9 Å². The Kier molecular flexibility index (Phi) is 4.27. The van der Waals surface area contributed by atoms with Gasteiger partial charge in [0, 0.05) is 25.8 Å². The number of nitrogens with zero attached hydrogens (tertiary/aromatic N) is 2. The lowest BCUT2D eigenvalue weighted by Crippen LogP contribution is -2.29. The van der Waals surface area contributed by atoms with E-state index in [0.717, 1.165) is 13.4 Å². The van der Waals surface area contributed by atoms with E-state index in [0.29, 0.717) is 5.65 Å². The molecule has 0 spiro atoms. The lowest BCUT2D eigenvalue weighted by Gasteiger charge is -2.17. The first-order valence-corrected chi connectivity index (χ1v) is 9.19. The third-order valence-corrected chi connectivity index (χ3v) is 6.82. The van der Waals surface area contributed by atoms with Crippen LogP contribution in [0.2, 0.25) is 0 Å². The Hall–Kier alpha value is -0.150. The van der Waals surface area contributed by atoms with Gasteiger partial charge < -0.3 is 0 Å². The smallest absolute Gasteiger partial charge is 0.236 e. The molecule has 1 atom stereocenters. The molecule has 7 heteroatoms. The van der Waals surface area contributed by atoms with Gasteiger partial charge in [-0.25, -0.2) is 17.4 Å². The highest BCUT2D eigenvalue weighted by atomic mass is 127. The van der Waals surface area contributed by atoms with E-state index in [1.807, 2.05) is 19.9 Å². The lowest BCUT2D eigenvalue weighted by atomic mass is 10.2. The van der Waals surface area contributed by atoms with Crippen LogP contribution in [-0.4, -0.2) is 22.6 Å². The summed E-state index contributed by atoms with van der Waals surface area (Å²) in [6.45, 7) is 5.54. The Morgan fingerprint density at radius 1 is 1.37 bits per heavy atom. The van der Waals surface area contributed by atoms with Gasteiger partial charge >= 0.3 is 0 Å². The predicted octanol–water partition coefficient (Wildman–Crippen LogP) is 3.63. The lowest BCUT2D eigenvalue weighted by molar-refractivity contribution is 0.539. The number of rotatable bonds is 3. The van der Waals surface area contributed by atoms with Crippen LogP contribution in [-0.2, 0) is 10.0 Å². The molecule has 0 saturated heterocycles. The summed E-state index contributed by atoms with van der Waals surface area (Å²) >= 11 is 5.48. The fraction of sp³-hybridized carbons (Fsp3) is 0.417. The van der Waals surface area contributed by atoms with Crippen LogP contribution in [0, 0.1) is 9.49 Å². The Morgan fingerprint density at radius 2 is 2.00 bits per heavy atom. The molecule has 19 heavy (non-hydrogen) atoms. The molecule has 2 aromatic heterocycles. The summed E-state index contributed by atoms with van der Waals surface area (Å²) in [6, 6.07) is 1.89. The quantitative estimate of drug-likeness (QED) is 0.662. The van der Waals surface area contributed by atoms with E-state index in [1.54, 1.807) is 19.3 Å². The predicted molar refractivity (Wildman–Crippen MR) is 88.8 cm³/mol. The van der Waals surface area contributed by atoms with Gasteiger partial charge in [-0.2, -0.15) is 0 Å².